The molecule has 2 nitrogen and oxygen atoms in total. The highest BCUT2D eigenvalue weighted by Gasteiger charge is 2.27. The zero-order chi connectivity index (χ0) is 10.8. The Hall–Kier alpha value is 0.270. The van der Waals surface area contributed by atoms with E-state index in [0.29, 0.717) is 4.75 Å². The summed E-state index contributed by atoms with van der Waals surface area (Å²) in [6, 6.07) is 0. The van der Waals surface area contributed by atoms with Crippen molar-refractivity contribution in [3.63, 3.8) is 0 Å². The van der Waals surface area contributed by atoms with Gasteiger partial charge >= 0.3 is 0 Å². The van der Waals surface area contributed by atoms with Crippen LogP contribution in [0.25, 0.3) is 0 Å². The molecule has 0 bridgehead atoms. The molecule has 1 heterocycles. The van der Waals surface area contributed by atoms with Crippen LogP contribution in [0.5, 0.6) is 0 Å². The molecule has 0 amide bonds. The van der Waals surface area contributed by atoms with Crippen molar-refractivity contribution < 1.29 is 5.11 Å². The first-order valence-corrected chi connectivity index (χ1v) is 6.36. The zero-order valence-corrected chi connectivity index (χ0v) is 10.7. The van der Waals surface area contributed by atoms with Gasteiger partial charge < -0.3 is 10.0 Å². The van der Waals surface area contributed by atoms with E-state index in [2.05, 4.69) is 30.5 Å². The molecule has 0 saturated carbocycles. The Morgan fingerprint density at radius 1 is 1.43 bits per heavy atom. The third kappa shape index (κ3) is 4.67. The largest absolute Gasteiger partial charge is 0.390 e. The van der Waals surface area contributed by atoms with Gasteiger partial charge in [-0.15, -0.1) is 0 Å². The number of hydrogen-bond donors (Lipinski definition) is 1. The maximum atomic E-state index is 9.65. The SMILES string of the molecule is CC(C)(O)CCN1CCSC(C)(C)C1. The van der Waals surface area contributed by atoms with Crippen LogP contribution in [0, 0.1) is 0 Å². The van der Waals surface area contributed by atoms with E-state index in [4.69, 9.17) is 0 Å². The van der Waals surface area contributed by atoms with Crippen LogP contribution in [0.4, 0.5) is 0 Å². The molecule has 1 N–H and O–H groups in total. The Balaban J connectivity index is 2.32. The molecule has 0 spiro atoms. The molecule has 1 saturated heterocycles. The Bertz CT molecular complexity index is 186. The molecule has 14 heavy (non-hydrogen) atoms. The summed E-state index contributed by atoms with van der Waals surface area (Å²) in [7, 11) is 0. The first-order chi connectivity index (χ1) is 6.29. The molecule has 0 aromatic carbocycles. The number of rotatable bonds is 3. The highest BCUT2D eigenvalue weighted by Crippen LogP contribution is 2.29. The summed E-state index contributed by atoms with van der Waals surface area (Å²) in [6.45, 7) is 11.7. The number of nitrogens with zero attached hydrogens (tertiary/aromatic N) is 1. The highest BCUT2D eigenvalue weighted by molar-refractivity contribution is 8.00. The van der Waals surface area contributed by atoms with Crippen molar-refractivity contribution >= 4 is 11.8 Å². The molecule has 3 heteroatoms. The van der Waals surface area contributed by atoms with Gasteiger partial charge in [-0.05, 0) is 34.1 Å². The highest BCUT2D eigenvalue weighted by atomic mass is 32.2. The number of aliphatic hydroxyl groups is 1. The van der Waals surface area contributed by atoms with Crippen LogP contribution in [0.15, 0.2) is 0 Å². The van der Waals surface area contributed by atoms with Crippen molar-refractivity contribution in [2.24, 2.45) is 0 Å². The molecule has 0 atom stereocenters. The van der Waals surface area contributed by atoms with E-state index in [1.807, 2.05) is 13.8 Å². The van der Waals surface area contributed by atoms with Gasteiger partial charge in [0, 0.05) is 30.1 Å². The molecule has 0 aromatic heterocycles. The Labute approximate surface area is 92.1 Å². The minimum atomic E-state index is -0.519. The Morgan fingerprint density at radius 3 is 2.57 bits per heavy atom. The molecule has 0 unspecified atom stereocenters. The van der Waals surface area contributed by atoms with Gasteiger partial charge in [0.05, 0.1) is 5.60 Å². The smallest absolute Gasteiger partial charge is 0.0603 e. The molecule has 1 aliphatic rings. The fourth-order valence-electron chi connectivity index (χ4n) is 1.74. The quantitative estimate of drug-likeness (QED) is 0.782. The molecule has 0 aromatic rings. The predicted octanol–water partition coefficient (Wildman–Crippen LogP) is 1.97. The maximum absolute atomic E-state index is 9.65. The normalized spacial score (nSPS) is 23.8. The monoisotopic (exact) mass is 217 g/mol. The second kappa shape index (κ2) is 4.42. The van der Waals surface area contributed by atoms with E-state index in [1.165, 1.54) is 12.3 Å². The average Bonchev–Trinajstić information content (AvgIpc) is 1.98. The molecular formula is C11H23NOS. The van der Waals surface area contributed by atoms with Crippen LogP contribution in [-0.4, -0.2) is 45.7 Å². The van der Waals surface area contributed by atoms with E-state index in [1.54, 1.807) is 0 Å². The standard InChI is InChI=1S/C11H23NOS/c1-10(2,13)5-6-12-7-8-14-11(3,4)9-12/h13H,5-9H2,1-4H3. The summed E-state index contributed by atoms with van der Waals surface area (Å²) >= 11 is 2.05. The van der Waals surface area contributed by atoms with Gasteiger partial charge in [0.2, 0.25) is 0 Å². The summed E-state index contributed by atoms with van der Waals surface area (Å²) in [4.78, 5) is 2.47. The van der Waals surface area contributed by atoms with Gasteiger partial charge in [-0.3, -0.25) is 0 Å². The van der Waals surface area contributed by atoms with E-state index >= 15 is 0 Å². The third-order valence-corrected chi connectivity index (χ3v) is 3.84. The number of hydrogen-bond acceptors (Lipinski definition) is 3. The van der Waals surface area contributed by atoms with Gasteiger partial charge in [0.15, 0.2) is 0 Å². The lowest BCUT2D eigenvalue weighted by molar-refractivity contribution is 0.0570. The summed E-state index contributed by atoms with van der Waals surface area (Å²) in [5.41, 5.74) is -0.519. The second-order valence-corrected chi connectivity index (χ2v) is 7.25. The van der Waals surface area contributed by atoms with Gasteiger partial charge in [0.25, 0.3) is 0 Å². The first kappa shape index (κ1) is 12.3. The molecule has 0 aliphatic carbocycles. The van der Waals surface area contributed by atoms with Gasteiger partial charge in [-0.1, -0.05) is 0 Å². The molecule has 1 fully saturated rings. The predicted molar refractivity (Wildman–Crippen MR) is 63.9 cm³/mol. The number of thioether (sulfide) groups is 1. The summed E-state index contributed by atoms with van der Waals surface area (Å²) < 4.78 is 0.387. The topological polar surface area (TPSA) is 23.5 Å². The maximum Gasteiger partial charge on any atom is 0.0603 e. The van der Waals surface area contributed by atoms with Crippen molar-refractivity contribution in [3.05, 3.63) is 0 Å². The molecule has 1 aliphatic heterocycles. The average molecular weight is 217 g/mol. The summed E-state index contributed by atoms with van der Waals surface area (Å²) in [5.74, 6) is 1.22. The van der Waals surface area contributed by atoms with E-state index in [-0.39, 0.29) is 0 Å². The second-order valence-electron chi connectivity index (χ2n) is 5.45. The van der Waals surface area contributed by atoms with Crippen molar-refractivity contribution in [1.29, 1.82) is 0 Å². The minimum absolute atomic E-state index is 0.387. The summed E-state index contributed by atoms with van der Waals surface area (Å²) in [6.07, 6.45) is 0.869. The lowest BCUT2D eigenvalue weighted by Gasteiger charge is -2.38. The fraction of sp³-hybridized carbons (Fsp3) is 1.00. The van der Waals surface area contributed by atoms with E-state index in [9.17, 15) is 5.11 Å². The molecule has 84 valence electrons. The lowest BCUT2D eigenvalue weighted by Crippen LogP contribution is -2.44. The van der Waals surface area contributed by atoms with Crippen LogP contribution < -0.4 is 0 Å². The third-order valence-electron chi connectivity index (χ3n) is 2.54. The fourth-order valence-corrected chi connectivity index (χ4v) is 2.91. The summed E-state index contributed by atoms with van der Waals surface area (Å²) in [5, 5.41) is 9.65. The van der Waals surface area contributed by atoms with Crippen molar-refractivity contribution in [3.8, 4) is 0 Å². The lowest BCUT2D eigenvalue weighted by atomic mass is 10.0. The van der Waals surface area contributed by atoms with Crippen molar-refractivity contribution in [1.82, 2.24) is 4.90 Å². The zero-order valence-electron chi connectivity index (χ0n) is 9.84. The van der Waals surface area contributed by atoms with Crippen molar-refractivity contribution in [2.45, 2.75) is 44.5 Å². The van der Waals surface area contributed by atoms with Gasteiger partial charge in [-0.25, -0.2) is 0 Å². The van der Waals surface area contributed by atoms with Crippen LogP contribution in [0.1, 0.15) is 34.1 Å². The van der Waals surface area contributed by atoms with Gasteiger partial charge in [0.1, 0.15) is 0 Å². The van der Waals surface area contributed by atoms with Crippen LogP contribution in [-0.2, 0) is 0 Å². The molecular weight excluding hydrogens is 194 g/mol. The van der Waals surface area contributed by atoms with E-state index < -0.39 is 5.60 Å². The molecule has 0 radical (unpaired) electrons. The Morgan fingerprint density at radius 2 is 2.07 bits per heavy atom. The van der Waals surface area contributed by atoms with Crippen LogP contribution >= 0.6 is 11.8 Å². The van der Waals surface area contributed by atoms with Crippen LogP contribution in [0.3, 0.4) is 0 Å². The Kier molecular flexibility index (Phi) is 3.89. The van der Waals surface area contributed by atoms with Gasteiger partial charge in [-0.2, -0.15) is 11.8 Å². The van der Waals surface area contributed by atoms with E-state index in [0.717, 1.165) is 19.5 Å². The minimum Gasteiger partial charge on any atom is -0.390 e. The van der Waals surface area contributed by atoms with Crippen LogP contribution in [0.2, 0.25) is 0 Å². The first-order valence-electron chi connectivity index (χ1n) is 5.37. The van der Waals surface area contributed by atoms with Crippen molar-refractivity contribution in [2.75, 3.05) is 25.4 Å². The molecule has 1 rings (SSSR count).